The Hall–Kier alpha value is -2.47. The van der Waals surface area contributed by atoms with Crippen molar-refractivity contribution in [2.45, 2.75) is 51.8 Å². The second-order valence-corrected chi connectivity index (χ2v) is 8.66. The molecule has 1 N–H and O–H groups in total. The van der Waals surface area contributed by atoms with Crippen LogP contribution in [0.5, 0.6) is 0 Å². The zero-order valence-electron chi connectivity index (χ0n) is 17.3. The lowest BCUT2D eigenvalue weighted by atomic mass is 9.92. The van der Waals surface area contributed by atoms with Crippen LogP contribution in [-0.2, 0) is 11.3 Å². The standard InChI is InChI=1S/C23H28F2N2O2/c1-15-10-17(20(25)11-19(15)24)18-13-27(12-16-8-6-5-7-9-16)14-21(18)26-22(28)29-23(2,3)4/h5-11,18,21H,12-14H2,1-4H3,(H,26,28). The highest BCUT2D eigenvalue weighted by Crippen LogP contribution is 2.32. The number of nitrogens with zero attached hydrogens (tertiary/aromatic N) is 1. The van der Waals surface area contributed by atoms with E-state index in [1.807, 2.05) is 30.3 Å². The summed E-state index contributed by atoms with van der Waals surface area (Å²) < 4.78 is 33.8. The number of hydrogen-bond acceptors (Lipinski definition) is 3. The van der Waals surface area contributed by atoms with Gasteiger partial charge >= 0.3 is 6.09 Å². The van der Waals surface area contributed by atoms with Crippen molar-refractivity contribution in [1.82, 2.24) is 10.2 Å². The Kier molecular flexibility index (Phi) is 6.22. The van der Waals surface area contributed by atoms with E-state index in [4.69, 9.17) is 4.74 Å². The first-order chi connectivity index (χ1) is 13.6. The zero-order chi connectivity index (χ0) is 21.2. The van der Waals surface area contributed by atoms with Gasteiger partial charge in [-0.2, -0.15) is 0 Å². The van der Waals surface area contributed by atoms with E-state index in [2.05, 4.69) is 10.2 Å². The molecule has 0 aromatic heterocycles. The molecule has 156 valence electrons. The van der Waals surface area contributed by atoms with E-state index in [9.17, 15) is 13.6 Å². The molecular weight excluding hydrogens is 374 g/mol. The predicted octanol–water partition coefficient (Wildman–Crippen LogP) is 4.77. The number of benzene rings is 2. The number of carbonyl (C=O) groups is 1. The van der Waals surface area contributed by atoms with Crippen molar-refractivity contribution < 1.29 is 18.3 Å². The van der Waals surface area contributed by atoms with Crippen molar-refractivity contribution in [3.05, 3.63) is 70.8 Å². The average Bonchev–Trinajstić information content (AvgIpc) is 2.99. The Bertz CT molecular complexity index is 865. The first kappa shape index (κ1) is 21.2. The van der Waals surface area contributed by atoms with Gasteiger partial charge in [0.15, 0.2) is 0 Å². The lowest BCUT2D eigenvalue weighted by Crippen LogP contribution is -2.42. The van der Waals surface area contributed by atoms with Gasteiger partial charge in [-0.05, 0) is 50.5 Å². The smallest absolute Gasteiger partial charge is 0.407 e. The van der Waals surface area contributed by atoms with Gasteiger partial charge in [0, 0.05) is 31.6 Å². The van der Waals surface area contributed by atoms with Crippen LogP contribution in [0.2, 0.25) is 0 Å². The van der Waals surface area contributed by atoms with Crippen molar-refractivity contribution in [2.24, 2.45) is 0 Å². The van der Waals surface area contributed by atoms with Crippen LogP contribution >= 0.6 is 0 Å². The van der Waals surface area contributed by atoms with Crippen LogP contribution in [-0.4, -0.2) is 35.7 Å². The van der Waals surface area contributed by atoms with Crippen LogP contribution in [0.15, 0.2) is 42.5 Å². The lowest BCUT2D eigenvalue weighted by molar-refractivity contribution is 0.0502. The summed E-state index contributed by atoms with van der Waals surface area (Å²) in [5.41, 5.74) is 1.32. The van der Waals surface area contributed by atoms with Gasteiger partial charge < -0.3 is 10.1 Å². The van der Waals surface area contributed by atoms with E-state index in [0.29, 0.717) is 30.8 Å². The highest BCUT2D eigenvalue weighted by molar-refractivity contribution is 5.68. The number of hydrogen-bond donors (Lipinski definition) is 1. The molecule has 0 aliphatic carbocycles. The third-order valence-electron chi connectivity index (χ3n) is 5.02. The topological polar surface area (TPSA) is 41.6 Å². The highest BCUT2D eigenvalue weighted by atomic mass is 19.1. The molecule has 0 spiro atoms. The Morgan fingerprint density at radius 1 is 1.14 bits per heavy atom. The summed E-state index contributed by atoms with van der Waals surface area (Å²) in [6, 6.07) is 12.1. The maximum atomic E-state index is 14.6. The monoisotopic (exact) mass is 402 g/mol. The van der Waals surface area contributed by atoms with Gasteiger partial charge in [-0.25, -0.2) is 13.6 Å². The summed E-state index contributed by atoms with van der Waals surface area (Å²) >= 11 is 0. The van der Waals surface area contributed by atoms with Crippen LogP contribution in [0.4, 0.5) is 13.6 Å². The number of likely N-dealkylation sites (tertiary alicyclic amines) is 1. The molecule has 29 heavy (non-hydrogen) atoms. The SMILES string of the molecule is Cc1cc(C2CN(Cc3ccccc3)CC2NC(=O)OC(C)(C)C)c(F)cc1F. The second-order valence-electron chi connectivity index (χ2n) is 8.66. The normalized spacial score (nSPS) is 19.9. The highest BCUT2D eigenvalue weighted by Gasteiger charge is 2.37. The molecule has 0 bridgehead atoms. The van der Waals surface area contributed by atoms with Gasteiger partial charge in [-0.3, -0.25) is 4.90 Å². The largest absolute Gasteiger partial charge is 0.444 e. The number of halogens is 2. The van der Waals surface area contributed by atoms with Gasteiger partial charge in [0.2, 0.25) is 0 Å². The Balaban J connectivity index is 1.83. The predicted molar refractivity (Wildman–Crippen MR) is 109 cm³/mol. The van der Waals surface area contributed by atoms with Crippen molar-refractivity contribution in [2.75, 3.05) is 13.1 Å². The molecule has 6 heteroatoms. The number of carbonyl (C=O) groups excluding carboxylic acids is 1. The fourth-order valence-electron chi connectivity index (χ4n) is 3.74. The molecule has 2 unspecified atom stereocenters. The molecule has 0 radical (unpaired) electrons. The molecule has 1 fully saturated rings. The molecule has 1 aliphatic rings. The van der Waals surface area contributed by atoms with Crippen LogP contribution in [0.25, 0.3) is 0 Å². The molecule has 3 rings (SSSR count). The van der Waals surface area contributed by atoms with Crippen molar-refractivity contribution in [1.29, 1.82) is 0 Å². The molecule has 1 aliphatic heterocycles. The molecule has 2 atom stereocenters. The number of amides is 1. The molecule has 4 nitrogen and oxygen atoms in total. The number of nitrogens with one attached hydrogen (secondary N) is 1. The van der Waals surface area contributed by atoms with E-state index in [1.54, 1.807) is 33.8 Å². The third kappa shape index (κ3) is 5.54. The van der Waals surface area contributed by atoms with Gasteiger partial charge in [-0.1, -0.05) is 30.3 Å². The van der Waals surface area contributed by atoms with Crippen LogP contribution in [0.3, 0.4) is 0 Å². The molecular formula is C23H28F2N2O2. The summed E-state index contributed by atoms with van der Waals surface area (Å²) in [6.45, 7) is 8.79. The molecule has 2 aromatic carbocycles. The van der Waals surface area contributed by atoms with Crippen LogP contribution in [0, 0.1) is 18.6 Å². The number of rotatable bonds is 4. The van der Waals surface area contributed by atoms with Gasteiger partial charge in [0.25, 0.3) is 0 Å². The fraction of sp³-hybridized carbons (Fsp3) is 0.435. The first-order valence-corrected chi connectivity index (χ1v) is 9.84. The van der Waals surface area contributed by atoms with E-state index >= 15 is 0 Å². The van der Waals surface area contributed by atoms with Crippen molar-refractivity contribution in [3.63, 3.8) is 0 Å². The fourth-order valence-corrected chi connectivity index (χ4v) is 3.74. The van der Waals surface area contributed by atoms with E-state index in [1.165, 1.54) is 0 Å². The molecule has 1 heterocycles. The minimum absolute atomic E-state index is 0.300. The first-order valence-electron chi connectivity index (χ1n) is 9.84. The van der Waals surface area contributed by atoms with Crippen molar-refractivity contribution >= 4 is 6.09 Å². The summed E-state index contributed by atoms with van der Waals surface area (Å²) in [5.74, 6) is -1.46. The zero-order valence-corrected chi connectivity index (χ0v) is 17.3. The number of aryl methyl sites for hydroxylation is 1. The molecule has 1 amide bonds. The summed E-state index contributed by atoms with van der Waals surface area (Å²) in [4.78, 5) is 14.5. The summed E-state index contributed by atoms with van der Waals surface area (Å²) in [5, 5.41) is 2.90. The quantitative estimate of drug-likeness (QED) is 0.801. The molecule has 1 saturated heterocycles. The Labute approximate surface area is 170 Å². The van der Waals surface area contributed by atoms with Gasteiger partial charge in [-0.15, -0.1) is 0 Å². The summed E-state index contributed by atoms with van der Waals surface area (Å²) in [6.07, 6.45) is -0.534. The minimum atomic E-state index is -0.625. The number of alkyl carbamates (subject to hydrolysis) is 1. The van der Waals surface area contributed by atoms with E-state index in [-0.39, 0.29) is 12.0 Å². The Morgan fingerprint density at radius 2 is 1.83 bits per heavy atom. The minimum Gasteiger partial charge on any atom is -0.444 e. The Morgan fingerprint density at radius 3 is 2.48 bits per heavy atom. The van der Waals surface area contributed by atoms with Gasteiger partial charge in [0.1, 0.15) is 17.2 Å². The molecule has 2 aromatic rings. The van der Waals surface area contributed by atoms with Crippen LogP contribution in [0.1, 0.15) is 43.4 Å². The second kappa shape index (κ2) is 8.49. The van der Waals surface area contributed by atoms with Crippen molar-refractivity contribution in [3.8, 4) is 0 Å². The maximum Gasteiger partial charge on any atom is 0.407 e. The third-order valence-corrected chi connectivity index (χ3v) is 5.02. The van der Waals surface area contributed by atoms with E-state index < -0.39 is 23.3 Å². The molecule has 0 saturated carbocycles. The lowest BCUT2D eigenvalue weighted by Gasteiger charge is -2.24. The number of ether oxygens (including phenoxy) is 1. The van der Waals surface area contributed by atoms with Crippen LogP contribution < -0.4 is 5.32 Å². The maximum absolute atomic E-state index is 14.6. The van der Waals surface area contributed by atoms with E-state index in [0.717, 1.165) is 11.6 Å². The summed E-state index contributed by atoms with van der Waals surface area (Å²) in [7, 11) is 0. The average molecular weight is 402 g/mol. The van der Waals surface area contributed by atoms with Gasteiger partial charge in [0.05, 0.1) is 6.04 Å².